The predicted octanol–water partition coefficient (Wildman–Crippen LogP) is 1.79. The first-order valence-corrected chi connectivity index (χ1v) is 8.57. The highest BCUT2D eigenvalue weighted by Crippen LogP contribution is 2.25. The minimum Gasteiger partial charge on any atom is -0.337 e. The van der Waals surface area contributed by atoms with Gasteiger partial charge < -0.3 is 9.47 Å². The summed E-state index contributed by atoms with van der Waals surface area (Å²) < 4.78 is 2.03. The van der Waals surface area contributed by atoms with Gasteiger partial charge in [0.25, 0.3) is 5.91 Å². The number of piperazine rings is 1. The average Bonchev–Trinajstić information content (AvgIpc) is 3.22. The molecule has 0 spiro atoms. The average molecular weight is 330 g/mol. The van der Waals surface area contributed by atoms with Crippen molar-refractivity contribution in [2.24, 2.45) is 7.05 Å². The Balaban J connectivity index is 1.79. The SMILES string of the molecule is CCN1CCN(C(=O)c2cc(C(C)C)[nH]n2)C[C@@H]1c1nccn1C. The van der Waals surface area contributed by atoms with Crippen LogP contribution in [-0.4, -0.2) is 61.6 Å². The number of nitrogens with one attached hydrogen (secondary N) is 1. The van der Waals surface area contributed by atoms with Crippen LogP contribution in [0.1, 0.15) is 54.7 Å². The maximum atomic E-state index is 12.8. The third-order valence-electron chi connectivity index (χ3n) is 4.78. The van der Waals surface area contributed by atoms with Gasteiger partial charge in [0, 0.05) is 44.8 Å². The maximum Gasteiger partial charge on any atom is 0.274 e. The number of rotatable bonds is 4. The lowest BCUT2D eigenvalue weighted by molar-refractivity contribution is 0.0467. The van der Waals surface area contributed by atoms with Crippen LogP contribution in [0.2, 0.25) is 0 Å². The monoisotopic (exact) mass is 330 g/mol. The molecule has 1 amide bonds. The molecule has 1 aliphatic rings. The quantitative estimate of drug-likeness (QED) is 0.928. The number of aromatic amines is 1. The molecule has 0 aliphatic carbocycles. The van der Waals surface area contributed by atoms with Gasteiger partial charge in [-0.2, -0.15) is 5.10 Å². The van der Waals surface area contributed by atoms with Gasteiger partial charge in [0.15, 0.2) is 0 Å². The van der Waals surface area contributed by atoms with Gasteiger partial charge in [0.05, 0.1) is 6.04 Å². The van der Waals surface area contributed by atoms with E-state index in [-0.39, 0.29) is 11.9 Å². The molecule has 1 N–H and O–H groups in total. The van der Waals surface area contributed by atoms with E-state index in [0.717, 1.165) is 31.2 Å². The normalized spacial score (nSPS) is 19.2. The second-order valence-corrected chi connectivity index (χ2v) is 6.66. The molecule has 2 aromatic rings. The number of aryl methyl sites for hydroxylation is 1. The summed E-state index contributed by atoms with van der Waals surface area (Å²) in [7, 11) is 2.00. The van der Waals surface area contributed by atoms with Crippen LogP contribution < -0.4 is 0 Å². The number of H-pyrrole nitrogens is 1. The molecule has 7 nitrogen and oxygen atoms in total. The summed E-state index contributed by atoms with van der Waals surface area (Å²) in [5.74, 6) is 1.32. The van der Waals surface area contributed by atoms with E-state index in [1.807, 2.05) is 35.0 Å². The minimum atomic E-state index is -0.00638. The fraction of sp³-hybridized carbons (Fsp3) is 0.588. The molecule has 24 heavy (non-hydrogen) atoms. The summed E-state index contributed by atoms with van der Waals surface area (Å²) in [5, 5.41) is 7.18. The molecule has 3 rings (SSSR count). The molecular weight excluding hydrogens is 304 g/mol. The zero-order valence-corrected chi connectivity index (χ0v) is 14.9. The van der Waals surface area contributed by atoms with Gasteiger partial charge in [-0.05, 0) is 18.5 Å². The van der Waals surface area contributed by atoms with Crippen LogP contribution in [0.15, 0.2) is 18.5 Å². The summed E-state index contributed by atoms with van der Waals surface area (Å²) in [6, 6.07) is 1.99. The first-order valence-electron chi connectivity index (χ1n) is 8.57. The Morgan fingerprint density at radius 2 is 2.21 bits per heavy atom. The van der Waals surface area contributed by atoms with Crippen molar-refractivity contribution in [1.82, 2.24) is 29.5 Å². The molecule has 7 heteroatoms. The topological polar surface area (TPSA) is 70.1 Å². The zero-order chi connectivity index (χ0) is 17.3. The number of aromatic nitrogens is 4. The predicted molar refractivity (Wildman–Crippen MR) is 91.8 cm³/mol. The molecule has 0 aromatic carbocycles. The van der Waals surface area contributed by atoms with E-state index in [4.69, 9.17) is 0 Å². The largest absolute Gasteiger partial charge is 0.337 e. The van der Waals surface area contributed by atoms with E-state index in [1.54, 1.807) is 0 Å². The van der Waals surface area contributed by atoms with Crippen LogP contribution in [0.3, 0.4) is 0 Å². The molecule has 0 radical (unpaired) electrons. The van der Waals surface area contributed by atoms with Crippen molar-refractivity contribution >= 4 is 5.91 Å². The number of nitrogens with zero attached hydrogens (tertiary/aromatic N) is 5. The molecule has 1 fully saturated rings. The van der Waals surface area contributed by atoms with Crippen molar-refractivity contribution in [3.63, 3.8) is 0 Å². The molecule has 2 aromatic heterocycles. The Labute approximate surface area is 142 Å². The van der Waals surface area contributed by atoms with Crippen LogP contribution in [0.25, 0.3) is 0 Å². The molecular formula is C17H26N6O. The van der Waals surface area contributed by atoms with Gasteiger partial charge in [-0.3, -0.25) is 14.8 Å². The highest BCUT2D eigenvalue weighted by molar-refractivity contribution is 5.92. The van der Waals surface area contributed by atoms with E-state index in [2.05, 4.69) is 40.9 Å². The summed E-state index contributed by atoms with van der Waals surface area (Å²) >= 11 is 0. The van der Waals surface area contributed by atoms with Crippen LogP contribution >= 0.6 is 0 Å². The number of hydrogen-bond donors (Lipinski definition) is 1. The van der Waals surface area contributed by atoms with E-state index in [0.29, 0.717) is 18.2 Å². The Hall–Kier alpha value is -2.15. The summed E-state index contributed by atoms with van der Waals surface area (Å²) in [4.78, 5) is 21.6. The number of likely N-dealkylation sites (N-methyl/N-ethyl adjacent to an activating group) is 1. The van der Waals surface area contributed by atoms with E-state index in [1.165, 1.54) is 0 Å². The highest BCUT2D eigenvalue weighted by Gasteiger charge is 2.33. The van der Waals surface area contributed by atoms with Crippen molar-refractivity contribution in [1.29, 1.82) is 0 Å². The fourth-order valence-corrected chi connectivity index (χ4v) is 3.23. The van der Waals surface area contributed by atoms with Gasteiger partial charge >= 0.3 is 0 Å². The molecule has 1 saturated heterocycles. The van der Waals surface area contributed by atoms with Gasteiger partial charge in [-0.15, -0.1) is 0 Å². The first-order chi connectivity index (χ1) is 11.5. The molecule has 0 unspecified atom stereocenters. The lowest BCUT2D eigenvalue weighted by Crippen LogP contribution is -2.51. The Bertz CT molecular complexity index is 704. The van der Waals surface area contributed by atoms with Gasteiger partial charge in [0.1, 0.15) is 11.5 Å². The van der Waals surface area contributed by atoms with Crippen LogP contribution in [0.5, 0.6) is 0 Å². The fourth-order valence-electron chi connectivity index (χ4n) is 3.23. The van der Waals surface area contributed by atoms with Gasteiger partial charge in [0.2, 0.25) is 0 Å². The van der Waals surface area contributed by atoms with Crippen LogP contribution in [0, 0.1) is 0 Å². The van der Waals surface area contributed by atoms with E-state index >= 15 is 0 Å². The number of hydrogen-bond acceptors (Lipinski definition) is 4. The lowest BCUT2D eigenvalue weighted by Gasteiger charge is -2.40. The second-order valence-electron chi connectivity index (χ2n) is 6.66. The van der Waals surface area contributed by atoms with Crippen molar-refractivity contribution in [3.05, 3.63) is 35.7 Å². The molecule has 0 saturated carbocycles. The van der Waals surface area contributed by atoms with E-state index in [9.17, 15) is 4.79 Å². The first kappa shape index (κ1) is 16.7. The molecule has 1 atom stereocenters. The van der Waals surface area contributed by atoms with Crippen molar-refractivity contribution < 1.29 is 4.79 Å². The lowest BCUT2D eigenvalue weighted by atomic mass is 10.1. The van der Waals surface area contributed by atoms with E-state index < -0.39 is 0 Å². The molecule has 1 aliphatic heterocycles. The Morgan fingerprint density at radius 3 is 2.79 bits per heavy atom. The van der Waals surface area contributed by atoms with Crippen molar-refractivity contribution in [2.45, 2.75) is 32.7 Å². The van der Waals surface area contributed by atoms with Crippen molar-refractivity contribution in [3.8, 4) is 0 Å². The summed E-state index contributed by atoms with van der Waals surface area (Å²) in [5.41, 5.74) is 1.49. The third-order valence-corrected chi connectivity index (χ3v) is 4.78. The molecule has 3 heterocycles. The maximum absolute atomic E-state index is 12.8. The standard InChI is InChI=1S/C17H26N6O/c1-5-22-8-9-23(11-15(22)16-18-6-7-21(16)4)17(24)14-10-13(12(2)3)19-20-14/h6-7,10,12,15H,5,8-9,11H2,1-4H3,(H,19,20)/t15-/m1/s1. The number of carbonyl (C=O) groups is 1. The minimum absolute atomic E-state index is 0.00638. The molecule has 130 valence electrons. The van der Waals surface area contributed by atoms with Crippen molar-refractivity contribution in [2.75, 3.05) is 26.2 Å². The highest BCUT2D eigenvalue weighted by atomic mass is 16.2. The molecule has 0 bridgehead atoms. The smallest absolute Gasteiger partial charge is 0.274 e. The van der Waals surface area contributed by atoms with Gasteiger partial charge in [-0.1, -0.05) is 20.8 Å². The summed E-state index contributed by atoms with van der Waals surface area (Å²) in [6.07, 6.45) is 3.76. The number of imidazole rings is 1. The van der Waals surface area contributed by atoms with Gasteiger partial charge in [-0.25, -0.2) is 4.98 Å². The zero-order valence-electron chi connectivity index (χ0n) is 14.9. The number of carbonyl (C=O) groups excluding carboxylic acids is 1. The van der Waals surface area contributed by atoms with Crippen LogP contribution in [-0.2, 0) is 7.05 Å². The number of amides is 1. The summed E-state index contributed by atoms with van der Waals surface area (Å²) in [6.45, 7) is 9.47. The Kier molecular flexibility index (Phi) is 4.71. The second kappa shape index (κ2) is 6.76. The Morgan fingerprint density at radius 1 is 1.42 bits per heavy atom. The van der Waals surface area contributed by atoms with Crippen LogP contribution in [0.4, 0.5) is 0 Å². The third kappa shape index (κ3) is 3.08.